The van der Waals surface area contributed by atoms with Crippen LogP contribution < -0.4 is 14.8 Å². The lowest BCUT2D eigenvalue weighted by atomic mass is 10.2. The van der Waals surface area contributed by atoms with Crippen LogP contribution in [0.1, 0.15) is 5.56 Å². The fourth-order valence-electron chi connectivity index (χ4n) is 1.71. The van der Waals surface area contributed by atoms with Crippen molar-refractivity contribution in [1.82, 2.24) is 9.97 Å². The zero-order valence-corrected chi connectivity index (χ0v) is 13.1. The molecular weight excluding hydrogens is 339 g/mol. The Kier molecular flexibility index (Phi) is 5.20. The number of methoxy groups -OCH3 is 2. The van der Waals surface area contributed by atoms with Crippen molar-refractivity contribution in [2.24, 2.45) is 0 Å². The molecule has 0 spiro atoms. The van der Waals surface area contributed by atoms with Crippen molar-refractivity contribution in [2.45, 2.75) is 6.54 Å². The van der Waals surface area contributed by atoms with Gasteiger partial charge in [-0.25, -0.2) is 18.7 Å². The van der Waals surface area contributed by atoms with Gasteiger partial charge < -0.3 is 14.8 Å². The summed E-state index contributed by atoms with van der Waals surface area (Å²) in [5, 5.41) is 2.66. The van der Waals surface area contributed by atoms with E-state index in [1.807, 2.05) is 0 Å². The van der Waals surface area contributed by atoms with Crippen molar-refractivity contribution in [3.8, 4) is 11.5 Å². The summed E-state index contributed by atoms with van der Waals surface area (Å²) in [4.78, 5) is 7.50. The minimum absolute atomic E-state index is 0.0137. The monoisotopic (exact) mass is 349 g/mol. The number of nitrogens with zero attached hydrogens (tertiary/aromatic N) is 2. The Morgan fingerprint density at radius 3 is 2.23 bits per heavy atom. The molecule has 9 heteroatoms. The number of hydrogen-bond donors (Lipinski definition) is 1. The Balaban J connectivity index is 2.32. The van der Waals surface area contributed by atoms with E-state index in [4.69, 9.17) is 32.7 Å². The van der Waals surface area contributed by atoms with Gasteiger partial charge in [0.2, 0.25) is 5.28 Å². The average molecular weight is 350 g/mol. The highest BCUT2D eigenvalue weighted by atomic mass is 35.5. The molecule has 5 nitrogen and oxygen atoms in total. The predicted molar refractivity (Wildman–Crippen MR) is 78.8 cm³/mol. The van der Waals surface area contributed by atoms with Gasteiger partial charge in [0.15, 0.2) is 23.1 Å². The molecule has 0 unspecified atom stereocenters. The van der Waals surface area contributed by atoms with Crippen molar-refractivity contribution >= 4 is 28.9 Å². The minimum Gasteiger partial charge on any atom is -0.493 e. The van der Waals surface area contributed by atoms with E-state index >= 15 is 0 Å². The second-order valence-corrected chi connectivity index (χ2v) is 4.79. The Labute approximate surface area is 135 Å². The molecule has 0 bridgehead atoms. The van der Waals surface area contributed by atoms with Crippen molar-refractivity contribution in [1.29, 1.82) is 0 Å². The molecule has 0 aliphatic rings. The molecule has 22 heavy (non-hydrogen) atoms. The molecule has 0 aliphatic heterocycles. The summed E-state index contributed by atoms with van der Waals surface area (Å²) in [5.41, 5.74) is 0.0221. The molecule has 0 atom stereocenters. The smallest absolute Gasteiger partial charge is 0.223 e. The van der Waals surface area contributed by atoms with Gasteiger partial charge in [0.25, 0.3) is 0 Å². The number of rotatable bonds is 5. The molecule has 0 amide bonds. The number of halogens is 4. The van der Waals surface area contributed by atoms with Crippen molar-refractivity contribution in [3.05, 3.63) is 39.9 Å². The maximum Gasteiger partial charge on any atom is 0.223 e. The van der Waals surface area contributed by atoms with Gasteiger partial charge in [0, 0.05) is 24.4 Å². The third-order valence-corrected chi connectivity index (χ3v) is 3.32. The van der Waals surface area contributed by atoms with Gasteiger partial charge in [-0.1, -0.05) is 11.6 Å². The normalized spacial score (nSPS) is 10.5. The number of ether oxygens (including phenoxy) is 2. The molecule has 0 saturated heterocycles. The molecule has 118 valence electrons. The first-order valence-electron chi connectivity index (χ1n) is 5.98. The maximum absolute atomic E-state index is 14.1. The summed E-state index contributed by atoms with van der Waals surface area (Å²) in [6.45, 7) is -0.0137. The van der Waals surface area contributed by atoms with E-state index < -0.39 is 17.3 Å². The summed E-state index contributed by atoms with van der Waals surface area (Å²) >= 11 is 11.5. The van der Waals surface area contributed by atoms with Crippen LogP contribution in [0.3, 0.4) is 0 Å². The number of hydrogen-bond acceptors (Lipinski definition) is 5. The first kappa shape index (κ1) is 16.5. The third kappa shape index (κ3) is 3.31. The summed E-state index contributed by atoms with van der Waals surface area (Å²) < 4.78 is 38.0. The minimum atomic E-state index is -0.883. The van der Waals surface area contributed by atoms with Gasteiger partial charge >= 0.3 is 0 Å². The first-order valence-corrected chi connectivity index (χ1v) is 6.74. The largest absolute Gasteiger partial charge is 0.493 e. The van der Waals surface area contributed by atoms with Crippen LogP contribution in [-0.4, -0.2) is 24.2 Å². The molecule has 0 fully saturated rings. The van der Waals surface area contributed by atoms with Gasteiger partial charge in [-0.3, -0.25) is 0 Å². The summed E-state index contributed by atoms with van der Waals surface area (Å²) in [5.74, 6) is -2.07. The topological polar surface area (TPSA) is 56.3 Å². The third-order valence-electron chi connectivity index (χ3n) is 2.81. The van der Waals surface area contributed by atoms with E-state index in [-0.39, 0.29) is 28.5 Å². The van der Waals surface area contributed by atoms with Crippen molar-refractivity contribution < 1.29 is 18.3 Å². The van der Waals surface area contributed by atoms with Gasteiger partial charge in [0.1, 0.15) is 10.8 Å². The van der Waals surface area contributed by atoms with Crippen LogP contribution in [0.25, 0.3) is 0 Å². The van der Waals surface area contributed by atoms with Crippen molar-refractivity contribution in [2.75, 3.05) is 19.5 Å². The second kappa shape index (κ2) is 6.93. The highest BCUT2D eigenvalue weighted by Crippen LogP contribution is 2.35. The molecular formula is C13H11Cl2F2N3O2. The van der Waals surface area contributed by atoms with Crippen LogP contribution in [0.4, 0.5) is 14.5 Å². The Morgan fingerprint density at radius 2 is 1.73 bits per heavy atom. The number of aromatic nitrogens is 2. The summed E-state index contributed by atoms with van der Waals surface area (Å²) in [6.07, 6.45) is 1.36. The predicted octanol–water partition coefficient (Wildman–Crippen LogP) is 3.69. The van der Waals surface area contributed by atoms with Crippen LogP contribution >= 0.6 is 23.2 Å². The fourth-order valence-corrected chi connectivity index (χ4v) is 2.08. The lowest BCUT2D eigenvalue weighted by Gasteiger charge is -2.14. The van der Waals surface area contributed by atoms with Crippen LogP contribution in [0.5, 0.6) is 11.5 Å². The molecule has 0 saturated carbocycles. The second-order valence-electron chi connectivity index (χ2n) is 4.09. The van der Waals surface area contributed by atoms with Gasteiger partial charge in [-0.2, -0.15) is 0 Å². The lowest BCUT2D eigenvalue weighted by molar-refractivity contribution is 0.360. The van der Waals surface area contributed by atoms with E-state index in [0.717, 1.165) is 6.07 Å². The number of nitrogens with one attached hydrogen (secondary N) is 1. The molecule has 2 rings (SSSR count). The van der Waals surface area contributed by atoms with E-state index in [2.05, 4.69) is 15.3 Å². The van der Waals surface area contributed by atoms with Crippen LogP contribution in [0, 0.1) is 11.6 Å². The van der Waals surface area contributed by atoms with Crippen LogP contribution in [-0.2, 0) is 6.54 Å². The average Bonchev–Trinajstić information content (AvgIpc) is 2.49. The van der Waals surface area contributed by atoms with Gasteiger partial charge in [0.05, 0.1) is 14.2 Å². The fraction of sp³-hybridized carbons (Fsp3) is 0.231. The molecule has 1 aromatic carbocycles. The molecule has 1 heterocycles. The molecule has 0 aliphatic carbocycles. The zero-order chi connectivity index (χ0) is 16.3. The van der Waals surface area contributed by atoms with E-state index in [9.17, 15) is 8.78 Å². The maximum atomic E-state index is 14.1. The van der Waals surface area contributed by atoms with Crippen molar-refractivity contribution in [3.63, 3.8) is 0 Å². The van der Waals surface area contributed by atoms with Gasteiger partial charge in [-0.15, -0.1) is 0 Å². The number of anilines is 1. The zero-order valence-electron chi connectivity index (χ0n) is 11.6. The summed E-state index contributed by atoms with van der Waals surface area (Å²) in [6, 6.07) is 1.12. The van der Waals surface area contributed by atoms with E-state index in [0.29, 0.717) is 5.56 Å². The van der Waals surface area contributed by atoms with E-state index in [1.54, 1.807) is 0 Å². The number of benzene rings is 1. The van der Waals surface area contributed by atoms with Gasteiger partial charge in [-0.05, 0) is 11.6 Å². The van der Waals surface area contributed by atoms with Crippen LogP contribution in [0.15, 0.2) is 12.3 Å². The first-order chi connectivity index (χ1) is 10.5. The summed E-state index contributed by atoms with van der Waals surface area (Å²) in [7, 11) is 2.53. The highest BCUT2D eigenvalue weighted by Gasteiger charge is 2.20. The molecule has 1 aromatic heterocycles. The molecule has 2 aromatic rings. The Hall–Kier alpha value is -1.86. The lowest BCUT2D eigenvalue weighted by Crippen LogP contribution is -2.08. The highest BCUT2D eigenvalue weighted by molar-refractivity contribution is 6.32. The SMILES string of the molecule is COc1cc(OC)c(F)c(NCc2cnc(Cl)nc2Cl)c1F. The Morgan fingerprint density at radius 1 is 1.14 bits per heavy atom. The Bertz CT molecular complexity index is 673. The van der Waals surface area contributed by atoms with E-state index in [1.165, 1.54) is 20.4 Å². The quantitative estimate of drug-likeness (QED) is 0.658. The van der Waals surface area contributed by atoms with Crippen LogP contribution in [0.2, 0.25) is 10.4 Å². The standard InChI is InChI=1S/C13H11Cl2F2N3O2/c1-21-7-3-8(22-2)10(17)11(9(7)16)18-4-6-5-19-13(15)20-12(6)14/h3,5,18H,4H2,1-2H3. The molecule has 1 N–H and O–H groups in total. The molecule has 0 radical (unpaired) electrons.